The molecule has 0 aromatic rings. The summed E-state index contributed by atoms with van der Waals surface area (Å²) in [7, 11) is 1.51. The number of hydrogen-bond acceptors (Lipinski definition) is 9. The lowest BCUT2D eigenvalue weighted by Crippen LogP contribution is -2.51. The first-order chi connectivity index (χ1) is 27.4. The fourth-order valence-electron chi connectivity index (χ4n) is 10.8. The van der Waals surface area contributed by atoms with Crippen LogP contribution in [0.3, 0.4) is 0 Å². The minimum atomic E-state index is -0.677. The SMILES string of the molecule is [2H]CC(COCCOCCOCCOCCCNC(=O)O[C@H]1CC[C@@]2(C)C(=CCC3C4CCC([C@@H](C)CCCC(C)C)[C@@]4(C)CCC32)C1)OC(=O)CCC(=O)NC. The molecule has 2 amide bonds. The second kappa shape index (κ2) is 23.4. The van der Waals surface area contributed by atoms with Crippen molar-refractivity contribution in [2.24, 2.45) is 46.3 Å². The van der Waals surface area contributed by atoms with E-state index >= 15 is 0 Å². The van der Waals surface area contributed by atoms with Gasteiger partial charge in [-0.1, -0.05) is 65.5 Å². The van der Waals surface area contributed by atoms with Gasteiger partial charge < -0.3 is 39.1 Å². The molecule has 11 heteroatoms. The Bertz CT molecular complexity index is 1270. The summed E-state index contributed by atoms with van der Waals surface area (Å²) in [5.74, 6) is 4.19. The summed E-state index contributed by atoms with van der Waals surface area (Å²) < 4.78 is 40.8. The van der Waals surface area contributed by atoms with Gasteiger partial charge in [0.1, 0.15) is 12.2 Å². The molecule has 3 fully saturated rings. The molecule has 11 nitrogen and oxygen atoms in total. The molecule has 4 rings (SSSR count). The highest BCUT2D eigenvalue weighted by molar-refractivity contribution is 5.81. The van der Waals surface area contributed by atoms with Gasteiger partial charge in [-0.15, -0.1) is 0 Å². The van der Waals surface area contributed by atoms with E-state index in [1.54, 1.807) is 5.57 Å². The molecule has 0 aromatic carbocycles. The summed E-state index contributed by atoms with van der Waals surface area (Å²) in [4.78, 5) is 35.7. The quantitative estimate of drug-likeness (QED) is 0.0536. The molecule has 0 aliphatic heterocycles. The van der Waals surface area contributed by atoms with Crippen LogP contribution in [-0.2, 0) is 38.0 Å². The van der Waals surface area contributed by atoms with E-state index in [4.69, 9.17) is 29.8 Å². The molecule has 9 atom stereocenters. The van der Waals surface area contributed by atoms with Crippen molar-refractivity contribution in [2.45, 2.75) is 144 Å². The second-order valence-electron chi connectivity index (χ2n) is 18.0. The standard InChI is InChI=1S/C45H78N2O9/c1-32(2)10-8-11-33(3)38-14-15-39-37-13-12-35-30-36(18-20-44(35,5)40(37)19-21-45(38,39)6)56-43(50)47-22-9-23-51-24-25-52-26-27-53-28-29-54-31-34(4)55-42(49)17-16-41(48)46-7/h12,32-34,36-40H,8-11,13-31H2,1-7H3,(H,46,48)(H,47,50)/t33-,34?,36-,37?,38?,39?,40?,44-,45+/m0/s1/i4D. The molecular formula is C45H78N2O9. The van der Waals surface area contributed by atoms with Crippen molar-refractivity contribution in [3.8, 4) is 0 Å². The zero-order chi connectivity index (χ0) is 41.3. The lowest BCUT2D eigenvalue weighted by atomic mass is 9.47. The normalized spacial score (nSPS) is 29.6. The number of amides is 2. The first-order valence-electron chi connectivity index (χ1n) is 22.8. The molecule has 3 saturated carbocycles. The van der Waals surface area contributed by atoms with Crippen LogP contribution in [0.2, 0.25) is 0 Å². The van der Waals surface area contributed by atoms with Gasteiger partial charge in [-0.25, -0.2) is 4.79 Å². The number of fused-ring (bicyclic) bond motifs is 5. The van der Waals surface area contributed by atoms with E-state index in [0.717, 1.165) is 54.8 Å². The third-order valence-electron chi connectivity index (χ3n) is 13.8. The van der Waals surface area contributed by atoms with Gasteiger partial charge in [-0.2, -0.15) is 0 Å². The Kier molecular flexibility index (Phi) is 18.8. The van der Waals surface area contributed by atoms with Crippen LogP contribution in [0.5, 0.6) is 0 Å². The molecule has 2 N–H and O–H groups in total. The summed E-state index contributed by atoms with van der Waals surface area (Å²) in [6, 6.07) is 0. The van der Waals surface area contributed by atoms with Crippen LogP contribution >= 0.6 is 0 Å². The number of rotatable bonds is 25. The molecule has 4 aliphatic rings. The van der Waals surface area contributed by atoms with Crippen LogP contribution in [0.15, 0.2) is 11.6 Å². The average molecular weight is 792 g/mol. The highest BCUT2D eigenvalue weighted by Crippen LogP contribution is 2.67. The van der Waals surface area contributed by atoms with Gasteiger partial charge >= 0.3 is 12.1 Å². The summed E-state index contributed by atoms with van der Waals surface area (Å²) in [6.45, 7) is 15.9. The molecule has 0 radical (unpaired) electrons. The highest BCUT2D eigenvalue weighted by Gasteiger charge is 2.59. The molecule has 4 aliphatic carbocycles. The second-order valence-corrected chi connectivity index (χ2v) is 18.0. The summed E-state index contributed by atoms with van der Waals surface area (Å²) in [5.41, 5.74) is 2.30. The van der Waals surface area contributed by atoms with E-state index in [1.807, 2.05) is 0 Å². The third-order valence-corrected chi connectivity index (χ3v) is 13.8. The number of carbonyl (C=O) groups is 3. The lowest BCUT2D eigenvalue weighted by molar-refractivity contribution is -0.152. The van der Waals surface area contributed by atoms with Crippen LogP contribution in [-0.4, -0.2) is 96.6 Å². The number of allylic oxidation sites excluding steroid dienone is 1. The summed E-state index contributed by atoms with van der Waals surface area (Å²) in [5, 5.41) is 5.37. The monoisotopic (exact) mass is 792 g/mol. The topological polar surface area (TPSA) is 131 Å². The maximum atomic E-state index is 12.7. The van der Waals surface area contributed by atoms with Crippen molar-refractivity contribution in [3.63, 3.8) is 0 Å². The Labute approximate surface area is 340 Å². The summed E-state index contributed by atoms with van der Waals surface area (Å²) in [6.07, 6.45) is 16.1. The molecular weight excluding hydrogens is 713 g/mol. The van der Waals surface area contributed by atoms with Gasteiger partial charge in [0.25, 0.3) is 0 Å². The number of hydrogen-bond donors (Lipinski definition) is 2. The number of ether oxygens (including phenoxy) is 6. The Morgan fingerprint density at radius 2 is 1.57 bits per heavy atom. The van der Waals surface area contributed by atoms with Crippen molar-refractivity contribution < 1.29 is 44.2 Å². The Morgan fingerprint density at radius 1 is 0.857 bits per heavy atom. The zero-order valence-corrected chi connectivity index (χ0v) is 35.8. The van der Waals surface area contributed by atoms with Crippen molar-refractivity contribution in [1.82, 2.24) is 10.6 Å². The minimum absolute atomic E-state index is 0.0312. The Morgan fingerprint density at radius 3 is 2.27 bits per heavy atom. The van der Waals surface area contributed by atoms with Crippen LogP contribution in [0.25, 0.3) is 0 Å². The molecule has 5 unspecified atom stereocenters. The molecule has 0 aromatic heterocycles. The minimum Gasteiger partial charge on any atom is -0.460 e. The maximum Gasteiger partial charge on any atom is 0.407 e. The average Bonchev–Trinajstić information content (AvgIpc) is 3.55. The van der Waals surface area contributed by atoms with E-state index in [1.165, 1.54) is 58.4 Å². The van der Waals surface area contributed by atoms with Gasteiger partial charge in [-0.3, -0.25) is 9.59 Å². The van der Waals surface area contributed by atoms with Gasteiger partial charge in [0, 0.05) is 34.4 Å². The highest BCUT2D eigenvalue weighted by atomic mass is 16.6. The smallest absolute Gasteiger partial charge is 0.407 e. The van der Waals surface area contributed by atoms with Crippen LogP contribution in [0, 0.1) is 46.3 Å². The predicted molar refractivity (Wildman–Crippen MR) is 218 cm³/mol. The predicted octanol–water partition coefficient (Wildman–Crippen LogP) is 8.04. The van der Waals surface area contributed by atoms with Crippen molar-refractivity contribution in [2.75, 3.05) is 66.4 Å². The van der Waals surface area contributed by atoms with Crippen LogP contribution < -0.4 is 10.6 Å². The van der Waals surface area contributed by atoms with Gasteiger partial charge in [0.2, 0.25) is 5.91 Å². The van der Waals surface area contributed by atoms with Crippen LogP contribution in [0.1, 0.15) is 133 Å². The lowest BCUT2D eigenvalue weighted by Gasteiger charge is -2.58. The van der Waals surface area contributed by atoms with Gasteiger partial charge in [0.15, 0.2) is 0 Å². The molecule has 56 heavy (non-hydrogen) atoms. The van der Waals surface area contributed by atoms with Crippen molar-refractivity contribution in [3.05, 3.63) is 11.6 Å². The summed E-state index contributed by atoms with van der Waals surface area (Å²) >= 11 is 0. The van der Waals surface area contributed by atoms with E-state index in [0.29, 0.717) is 64.6 Å². The van der Waals surface area contributed by atoms with Crippen molar-refractivity contribution >= 4 is 18.0 Å². The van der Waals surface area contributed by atoms with Gasteiger partial charge in [0.05, 0.1) is 52.7 Å². The Hall–Kier alpha value is -2.21. The molecule has 0 heterocycles. The number of alkyl carbamates (subject to hydrolysis) is 1. The molecule has 0 spiro atoms. The fraction of sp³-hybridized carbons (Fsp3) is 0.889. The van der Waals surface area contributed by atoms with E-state index in [9.17, 15) is 14.4 Å². The van der Waals surface area contributed by atoms with E-state index < -0.39 is 12.1 Å². The maximum absolute atomic E-state index is 12.7. The third kappa shape index (κ3) is 13.7. The zero-order valence-electron chi connectivity index (χ0n) is 36.8. The molecule has 0 saturated heterocycles. The number of carbonyl (C=O) groups excluding carboxylic acids is 3. The van der Waals surface area contributed by atoms with Gasteiger partial charge in [-0.05, 0) is 105 Å². The van der Waals surface area contributed by atoms with E-state index in [-0.39, 0.29) is 49.9 Å². The molecule has 0 bridgehead atoms. The van der Waals surface area contributed by atoms with Crippen molar-refractivity contribution in [1.29, 1.82) is 0 Å². The largest absolute Gasteiger partial charge is 0.460 e. The fourth-order valence-corrected chi connectivity index (χ4v) is 10.8. The molecule has 322 valence electrons. The first-order valence-corrected chi connectivity index (χ1v) is 22.1. The number of nitrogens with one attached hydrogen (secondary N) is 2. The number of esters is 1. The first kappa shape index (κ1) is 44.9. The Balaban J connectivity index is 1.00. The van der Waals surface area contributed by atoms with E-state index in [2.05, 4.69) is 51.3 Å². The van der Waals surface area contributed by atoms with Crippen LogP contribution in [0.4, 0.5) is 4.79 Å².